The molecule has 0 spiro atoms. The number of hydrogen-bond acceptors (Lipinski definition) is 6. The summed E-state index contributed by atoms with van der Waals surface area (Å²) in [7, 11) is -1.68. The number of pyridine rings is 1. The van der Waals surface area contributed by atoms with Crippen LogP contribution in [-0.4, -0.2) is 27.6 Å². The number of hydrogen-bond donors (Lipinski definition) is 2. The molecule has 3 aromatic carbocycles. The van der Waals surface area contributed by atoms with Crippen LogP contribution in [0.2, 0.25) is 0 Å². The van der Waals surface area contributed by atoms with Gasteiger partial charge in [-0.25, -0.2) is 8.42 Å². The third kappa shape index (κ3) is 5.24. The Labute approximate surface area is 199 Å². The molecule has 2 N–H and O–H groups in total. The van der Waals surface area contributed by atoms with Crippen LogP contribution in [-0.2, 0) is 16.2 Å². The Hall–Kier alpha value is -3.99. The standard InChI is InChI=1S/C24H20F3N3O4S/c1-33-19-6-7-21(22(13-19)34-2)29-17-5-8-23(20(12-17)24(25,26)27)35(31,32)30-18-4-3-16-14-28-10-9-15(16)11-18/h3-14,29-30H,1-2H3. The van der Waals surface area contributed by atoms with Crippen molar-refractivity contribution in [2.45, 2.75) is 11.1 Å². The lowest BCUT2D eigenvalue weighted by molar-refractivity contribution is -0.139. The molecule has 182 valence electrons. The molecule has 4 rings (SSSR count). The number of fused-ring (bicyclic) bond motifs is 1. The van der Waals surface area contributed by atoms with Gasteiger partial charge in [-0.3, -0.25) is 9.71 Å². The number of halogens is 3. The largest absolute Gasteiger partial charge is 0.497 e. The summed E-state index contributed by atoms with van der Waals surface area (Å²) in [6, 6.07) is 13.9. The molecular weight excluding hydrogens is 483 g/mol. The van der Waals surface area contributed by atoms with Crippen molar-refractivity contribution in [3.63, 3.8) is 0 Å². The number of nitrogens with one attached hydrogen (secondary N) is 2. The molecule has 0 aliphatic heterocycles. The first kappa shape index (κ1) is 24.1. The van der Waals surface area contributed by atoms with Crippen molar-refractivity contribution in [2.75, 3.05) is 24.3 Å². The predicted octanol–water partition coefficient (Wildman–Crippen LogP) is 5.82. The SMILES string of the molecule is COc1ccc(Nc2ccc(S(=O)(=O)Nc3ccc4cnccc4c3)c(C(F)(F)F)c2)c(OC)c1. The van der Waals surface area contributed by atoms with Crippen LogP contribution in [0, 0.1) is 0 Å². The third-order valence-electron chi connectivity index (χ3n) is 5.15. The smallest absolute Gasteiger partial charge is 0.417 e. The highest BCUT2D eigenvalue weighted by Gasteiger charge is 2.37. The van der Waals surface area contributed by atoms with E-state index in [1.807, 2.05) is 0 Å². The van der Waals surface area contributed by atoms with E-state index in [-0.39, 0.29) is 11.4 Å². The van der Waals surface area contributed by atoms with Gasteiger partial charge in [0.15, 0.2) is 0 Å². The van der Waals surface area contributed by atoms with E-state index in [9.17, 15) is 21.6 Å². The van der Waals surface area contributed by atoms with Gasteiger partial charge in [0.05, 0.1) is 30.4 Å². The monoisotopic (exact) mass is 503 g/mol. The van der Waals surface area contributed by atoms with Gasteiger partial charge < -0.3 is 14.8 Å². The normalized spacial score (nSPS) is 11.8. The predicted molar refractivity (Wildman–Crippen MR) is 127 cm³/mol. The van der Waals surface area contributed by atoms with Gasteiger partial charge in [0.1, 0.15) is 11.5 Å². The Morgan fingerprint density at radius 2 is 1.63 bits per heavy atom. The highest BCUT2D eigenvalue weighted by Crippen LogP contribution is 2.38. The van der Waals surface area contributed by atoms with Gasteiger partial charge in [-0.15, -0.1) is 0 Å². The second kappa shape index (κ2) is 9.34. The molecule has 7 nitrogen and oxygen atoms in total. The van der Waals surface area contributed by atoms with Crippen LogP contribution in [0.25, 0.3) is 10.8 Å². The summed E-state index contributed by atoms with van der Waals surface area (Å²) in [5.41, 5.74) is -0.784. The minimum atomic E-state index is -4.93. The van der Waals surface area contributed by atoms with Crippen LogP contribution in [0.4, 0.5) is 30.2 Å². The van der Waals surface area contributed by atoms with Crippen LogP contribution in [0.5, 0.6) is 11.5 Å². The molecule has 0 saturated carbocycles. The highest BCUT2D eigenvalue weighted by atomic mass is 32.2. The highest BCUT2D eigenvalue weighted by molar-refractivity contribution is 7.92. The molecule has 35 heavy (non-hydrogen) atoms. The van der Waals surface area contributed by atoms with E-state index in [1.54, 1.807) is 36.5 Å². The van der Waals surface area contributed by atoms with E-state index in [2.05, 4.69) is 15.0 Å². The number of ether oxygens (including phenoxy) is 2. The van der Waals surface area contributed by atoms with Crippen molar-refractivity contribution < 1.29 is 31.1 Å². The quantitative estimate of drug-likeness (QED) is 0.331. The van der Waals surface area contributed by atoms with Crippen LogP contribution >= 0.6 is 0 Å². The average Bonchev–Trinajstić information content (AvgIpc) is 2.83. The molecule has 0 amide bonds. The summed E-state index contributed by atoms with van der Waals surface area (Å²) in [4.78, 5) is 3.08. The van der Waals surface area contributed by atoms with Crippen molar-refractivity contribution in [1.82, 2.24) is 4.98 Å². The van der Waals surface area contributed by atoms with Crippen molar-refractivity contribution in [3.8, 4) is 11.5 Å². The van der Waals surface area contributed by atoms with Crippen LogP contribution < -0.4 is 19.5 Å². The summed E-state index contributed by atoms with van der Waals surface area (Å²) in [6.07, 6.45) is -1.80. The molecule has 11 heteroatoms. The lowest BCUT2D eigenvalue weighted by Crippen LogP contribution is -2.19. The lowest BCUT2D eigenvalue weighted by atomic mass is 10.1. The van der Waals surface area contributed by atoms with Gasteiger partial charge in [0, 0.05) is 35.2 Å². The van der Waals surface area contributed by atoms with Crippen molar-refractivity contribution in [2.24, 2.45) is 0 Å². The van der Waals surface area contributed by atoms with E-state index in [4.69, 9.17) is 9.47 Å². The third-order valence-corrected chi connectivity index (χ3v) is 6.59. The molecule has 1 heterocycles. The van der Waals surface area contributed by atoms with Gasteiger partial charge >= 0.3 is 6.18 Å². The van der Waals surface area contributed by atoms with Crippen molar-refractivity contribution in [3.05, 3.63) is 78.6 Å². The second-order valence-corrected chi connectivity index (χ2v) is 9.09. The fourth-order valence-corrected chi connectivity index (χ4v) is 4.74. The molecule has 0 fully saturated rings. The summed E-state index contributed by atoms with van der Waals surface area (Å²) < 4.78 is 80.3. The van der Waals surface area contributed by atoms with Crippen LogP contribution in [0.3, 0.4) is 0 Å². The maximum Gasteiger partial charge on any atom is 0.417 e. The fraction of sp³-hybridized carbons (Fsp3) is 0.125. The van der Waals surface area contributed by atoms with Crippen LogP contribution in [0.1, 0.15) is 5.56 Å². The number of nitrogens with zero attached hydrogens (tertiary/aromatic N) is 1. The number of aromatic nitrogens is 1. The van der Waals surface area contributed by atoms with E-state index in [1.165, 1.54) is 38.6 Å². The average molecular weight is 504 g/mol. The number of methoxy groups -OCH3 is 2. The first-order valence-electron chi connectivity index (χ1n) is 10.2. The van der Waals surface area contributed by atoms with Gasteiger partial charge in [0.25, 0.3) is 10.0 Å². The maximum absolute atomic E-state index is 13.9. The van der Waals surface area contributed by atoms with Crippen molar-refractivity contribution >= 4 is 37.9 Å². The van der Waals surface area contributed by atoms with Crippen molar-refractivity contribution in [1.29, 1.82) is 0 Å². The number of alkyl halides is 3. The molecule has 0 saturated heterocycles. The van der Waals surface area contributed by atoms with Gasteiger partial charge in [-0.1, -0.05) is 6.07 Å². The van der Waals surface area contributed by atoms with E-state index >= 15 is 0 Å². The molecule has 1 aromatic heterocycles. The zero-order valence-corrected chi connectivity index (χ0v) is 19.4. The molecule has 4 aromatic rings. The Morgan fingerprint density at radius 3 is 2.34 bits per heavy atom. The zero-order valence-electron chi connectivity index (χ0n) is 18.6. The second-order valence-electron chi connectivity index (χ2n) is 7.44. The van der Waals surface area contributed by atoms with Gasteiger partial charge in [-0.05, 0) is 53.9 Å². The first-order chi connectivity index (χ1) is 16.6. The minimum Gasteiger partial charge on any atom is -0.497 e. The summed E-state index contributed by atoms with van der Waals surface area (Å²) >= 11 is 0. The zero-order chi connectivity index (χ0) is 25.2. The van der Waals surface area contributed by atoms with E-state index in [0.29, 0.717) is 22.6 Å². The lowest BCUT2D eigenvalue weighted by Gasteiger charge is -2.18. The molecule has 0 aliphatic carbocycles. The Balaban J connectivity index is 1.69. The topological polar surface area (TPSA) is 89.5 Å². The molecule has 0 unspecified atom stereocenters. The molecule has 0 aliphatic rings. The maximum atomic E-state index is 13.9. The number of rotatable bonds is 7. The first-order valence-corrected chi connectivity index (χ1v) is 11.7. The van der Waals surface area contributed by atoms with E-state index in [0.717, 1.165) is 17.5 Å². The van der Waals surface area contributed by atoms with Gasteiger partial charge in [0.2, 0.25) is 0 Å². The molecule has 0 radical (unpaired) electrons. The summed E-state index contributed by atoms with van der Waals surface area (Å²) in [5, 5.41) is 4.28. The Bertz CT molecular complexity index is 1490. The molecular formula is C24H20F3N3O4S. The number of anilines is 3. The Morgan fingerprint density at radius 1 is 0.857 bits per heavy atom. The van der Waals surface area contributed by atoms with Gasteiger partial charge in [-0.2, -0.15) is 13.2 Å². The summed E-state index contributed by atoms with van der Waals surface area (Å²) in [6.45, 7) is 0. The molecule has 0 atom stereocenters. The van der Waals surface area contributed by atoms with Crippen LogP contribution in [0.15, 0.2) is 78.0 Å². The molecule has 0 bridgehead atoms. The number of sulfonamides is 1. The fourth-order valence-electron chi connectivity index (χ4n) is 3.48. The number of benzene rings is 3. The Kier molecular flexibility index (Phi) is 6.44. The minimum absolute atomic E-state index is 0.0259. The van der Waals surface area contributed by atoms with E-state index < -0.39 is 26.7 Å². The summed E-state index contributed by atoms with van der Waals surface area (Å²) in [5.74, 6) is 0.837.